The van der Waals surface area contributed by atoms with Crippen molar-refractivity contribution in [2.45, 2.75) is 69.0 Å². The first-order valence-electron chi connectivity index (χ1n) is 16.0. The number of phosphoric acid groups is 3. The van der Waals surface area contributed by atoms with Crippen molar-refractivity contribution in [3.05, 3.63) is 27.0 Å². The summed E-state index contributed by atoms with van der Waals surface area (Å²) >= 11 is 0. The Morgan fingerprint density at radius 1 is 0.911 bits per heavy atom. The van der Waals surface area contributed by atoms with Gasteiger partial charge in [0.15, 0.2) is 29.4 Å². The number of rotatable bonds is 15. The second kappa shape index (κ2) is 15.7. The van der Waals surface area contributed by atoms with Crippen LogP contribution in [0.5, 0.6) is 0 Å². The Morgan fingerprint density at radius 2 is 1.55 bits per heavy atom. The van der Waals surface area contributed by atoms with E-state index in [0.29, 0.717) is 0 Å². The van der Waals surface area contributed by atoms with Gasteiger partial charge in [0.25, 0.3) is 26.8 Å². The second-order valence-electron chi connectivity index (χ2n) is 12.6. The van der Waals surface area contributed by atoms with Crippen LogP contribution in [0.1, 0.15) is 20.1 Å². The molecular weight excluding hydrogens is 825 g/mol. The number of imidazole rings is 1. The number of nitrogens with zero attached hydrogens (tertiary/aromatic N) is 6. The van der Waals surface area contributed by atoms with Crippen molar-refractivity contribution in [3.8, 4) is 0 Å². The van der Waals surface area contributed by atoms with Crippen LogP contribution in [-0.4, -0.2) is 121 Å². The molecule has 29 nitrogen and oxygen atoms in total. The fourth-order valence-electron chi connectivity index (χ4n) is 6.03. The van der Waals surface area contributed by atoms with Gasteiger partial charge in [-0.25, -0.2) is 18.5 Å². The Labute approximate surface area is 312 Å². The van der Waals surface area contributed by atoms with Crippen LogP contribution >= 0.6 is 23.5 Å². The number of nitrogen functional groups attached to an aromatic ring is 2. The Kier molecular flexibility index (Phi) is 11.8. The molecule has 6 heterocycles. The van der Waals surface area contributed by atoms with E-state index in [9.17, 15) is 53.3 Å². The van der Waals surface area contributed by atoms with Gasteiger partial charge in [0.05, 0.1) is 25.7 Å². The van der Waals surface area contributed by atoms with E-state index in [1.807, 2.05) is 0 Å². The van der Waals surface area contributed by atoms with E-state index in [-0.39, 0.29) is 41.2 Å². The van der Waals surface area contributed by atoms with Gasteiger partial charge in [-0.2, -0.15) is 14.6 Å². The average molecular weight is 860 g/mol. The highest BCUT2D eigenvalue weighted by molar-refractivity contribution is 7.65. The SMILES string of the molecule is CC(C)OC1[C@@H](COOP(=O)([O-])OP(=O)([O-])OP(=O)([O-])OC[C@H]2O[C@@H](N3CN(C)c4c3nc(N)[nH]c4=O)C(O)[C@H]2O)O[C@@H](n2cnc3c(=O)[nH]c(N)nc32)[C@H]1O. The number of phosphoric ester groups is 1. The summed E-state index contributed by atoms with van der Waals surface area (Å²) in [6.07, 6.45) is -11.6. The van der Waals surface area contributed by atoms with E-state index in [2.05, 4.69) is 47.6 Å². The molecule has 6 rings (SSSR count). The minimum absolute atomic E-state index is 0.0334. The molecule has 0 bridgehead atoms. The van der Waals surface area contributed by atoms with Gasteiger partial charge in [0.2, 0.25) is 11.9 Å². The summed E-state index contributed by atoms with van der Waals surface area (Å²) in [5, 5.41) is 32.2. The lowest BCUT2D eigenvalue weighted by Gasteiger charge is -2.34. The minimum atomic E-state index is -6.39. The summed E-state index contributed by atoms with van der Waals surface area (Å²) in [7, 11) is -17.0. The third-order valence-electron chi connectivity index (χ3n) is 8.19. The maximum atomic E-state index is 12.4. The summed E-state index contributed by atoms with van der Waals surface area (Å²) in [5.74, 6) is -0.584. The molecule has 0 spiro atoms. The largest absolute Gasteiger partial charge is 0.756 e. The molecule has 3 aliphatic heterocycles. The van der Waals surface area contributed by atoms with Crippen LogP contribution in [0.15, 0.2) is 15.9 Å². The normalized spacial score (nSPS) is 29.8. The maximum Gasteiger partial charge on any atom is 0.304 e. The predicted octanol–water partition coefficient (Wildman–Crippen LogP) is -4.82. The highest BCUT2D eigenvalue weighted by atomic mass is 31.3. The van der Waals surface area contributed by atoms with E-state index >= 15 is 0 Å². The topological polar surface area (TPSA) is 423 Å². The lowest BCUT2D eigenvalue weighted by Crippen LogP contribution is -2.45. The number of hydrogen-bond donors (Lipinski definition) is 7. The molecular formula is C24H34N10O19P3-3. The summed E-state index contributed by atoms with van der Waals surface area (Å²) in [6.45, 7) is 1.04. The number of aromatic nitrogens is 6. The lowest BCUT2D eigenvalue weighted by molar-refractivity contribution is -0.314. The number of H-pyrrole nitrogens is 2. The predicted molar refractivity (Wildman–Crippen MR) is 176 cm³/mol. The van der Waals surface area contributed by atoms with E-state index < -0.39 is 103 Å². The van der Waals surface area contributed by atoms with E-state index in [1.54, 1.807) is 13.8 Å². The monoisotopic (exact) mass is 859 g/mol. The van der Waals surface area contributed by atoms with Gasteiger partial charge in [-0.1, -0.05) is 0 Å². The summed E-state index contributed by atoms with van der Waals surface area (Å²) in [4.78, 5) is 85.3. The molecule has 32 heteroatoms. The Morgan fingerprint density at radius 3 is 2.25 bits per heavy atom. The van der Waals surface area contributed by atoms with Gasteiger partial charge in [0.1, 0.15) is 48.9 Å². The highest BCUT2D eigenvalue weighted by Crippen LogP contribution is 2.63. The van der Waals surface area contributed by atoms with Gasteiger partial charge >= 0.3 is 7.82 Å². The van der Waals surface area contributed by atoms with Gasteiger partial charge in [-0.05, 0) is 13.8 Å². The molecule has 0 aromatic carbocycles. The lowest BCUT2D eigenvalue weighted by atomic mass is 10.1. The van der Waals surface area contributed by atoms with Crippen LogP contribution in [0, 0.1) is 0 Å². The Bertz CT molecular complexity index is 2210. The van der Waals surface area contributed by atoms with Crippen molar-refractivity contribution in [2.24, 2.45) is 0 Å². The molecule has 3 aromatic rings. The zero-order chi connectivity index (χ0) is 41.1. The number of nitrogens with two attached hydrogens (primary N) is 2. The molecule has 11 atom stereocenters. The van der Waals surface area contributed by atoms with E-state index in [4.69, 9.17) is 25.7 Å². The molecule has 312 valence electrons. The van der Waals surface area contributed by atoms with Crippen LogP contribution in [-0.2, 0) is 50.6 Å². The van der Waals surface area contributed by atoms with E-state index in [0.717, 1.165) is 10.9 Å². The summed E-state index contributed by atoms with van der Waals surface area (Å²) in [6, 6.07) is 0. The van der Waals surface area contributed by atoms with Crippen LogP contribution in [0.3, 0.4) is 0 Å². The van der Waals surface area contributed by atoms with Crippen molar-refractivity contribution in [1.82, 2.24) is 29.5 Å². The molecule has 2 fully saturated rings. The molecule has 3 aromatic heterocycles. The maximum absolute atomic E-state index is 12.4. The zero-order valence-corrected chi connectivity index (χ0v) is 31.6. The molecule has 0 amide bonds. The Hall–Kier alpha value is -3.44. The number of aromatic amines is 2. The van der Waals surface area contributed by atoms with Crippen LogP contribution in [0.25, 0.3) is 11.2 Å². The molecule has 9 N–H and O–H groups in total. The highest BCUT2D eigenvalue weighted by Gasteiger charge is 2.50. The number of aliphatic hydroxyl groups excluding tert-OH is 3. The summed E-state index contributed by atoms with van der Waals surface area (Å²) < 4.78 is 71.2. The Balaban J connectivity index is 1.03. The van der Waals surface area contributed by atoms with Gasteiger partial charge in [-0.15, -0.1) is 0 Å². The fourth-order valence-corrected chi connectivity index (χ4v) is 9.19. The molecule has 0 radical (unpaired) electrons. The summed E-state index contributed by atoms with van der Waals surface area (Å²) in [5.41, 5.74) is 9.73. The van der Waals surface area contributed by atoms with Crippen LogP contribution in [0.4, 0.5) is 23.4 Å². The molecule has 3 aliphatic rings. The van der Waals surface area contributed by atoms with E-state index in [1.165, 1.54) is 16.8 Å². The van der Waals surface area contributed by atoms with Crippen molar-refractivity contribution in [2.75, 3.05) is 48.2 Å². The number of ether oxygens (including phenoxy) is 3. The van der Waals surface area contributed by atoms with Crippen LogP contribution < -0.4 is 47.1 Å². The zero-order valence-electron chi connectivity index (χ0n) is 28.9. The van der Waals surface area contributed by atoms with Crippen molar-refractivity contribution in [3.63, 3.8) is 0 Å². The number of anilines is 4. The molecule has 0 aliphatic carbocycles. The average Bonchev–Trinajstić information content (AvgIpc) is 3.78. The standard InChI is InChI=1S/C24H37N10O19P3/c1-8(2)48-16-10(50-22(15(16)37)33-6-27-11-17(33)28-23(25)30-19(11)38)4-46-51-55(42,43)53-56(44,45)52-54(40,41)47-5-9-13(35)14(36)21(49-9)34-7-32(3)12-18(34)29-24(26)31-20(12)39/h6,8-10,13-16,21-22,35-37H,4-5,7H2,1-3H3,(H,40,41)(H,42,43)(H,44,45)(H3,25,28,30,38)(H3,26,29,31,39)/p-3/t9-,10-,13+,14?,15+,16?,21-,22-/m1/s1. The van der Waals surface area contributed by atoms with Crippen molar-refractivity contribution in [1.29, 1.82) is 0 Å². The minimum Gasteiger partial charge on any atom is -0.756 e. The number of hydrogen-bond acceptors (Lipinski definition) is 26. The van der Waals surface area contributed by atoms with Crippen molar-refractivity contribution < 1.29 is 80.6 Å². The van der Waals surface area contributed by atoms with Crippen molar-refractivity contribution >= 4 is 58.0 Å². The van der Waals surface area contributed by atoms with Crippen LogP contribution in [0.2, 0.25) is 0 Å². The quantitative estimate of drug-likeness (QED) is 0.0428. The van der Waals surface area contributed by atoms with Gasteiger partial charge in [0, 0.05) is 7.05 Å². The number of fused-ring (bicyclic) bond motifs is 2. The smallest absolute Gasteiger partial charge is 0.304 e. The first kappa shape index (κ1) is 42.2. The molecule has 56 heavy (non-hydrogen) atoms. The third kappa shape index (κ3) is 8.83. The first-order chi connectivity index (χ1) is 26.1. The first-order valence-corrected chi connectivity index (χ1v) is 20.4. The number of aliphatic hydroxyl groups is 3. The fraction of sp³-hybridized carbons (Fsp3) is 0.625. The molecule has 0 saturated carbocycles. The number of nitrogens with one attached hydrogen (secondary N) is 2. The van der Waals surface area contributed by atoms with Gasteiger partial charge in [-0.3, -0.25) is 37.8 Å². The molecule has 5 unspecified atom stereocenters. The second-order valence-corrected chi connectivity index (χ2v) is 17.0. The van der Waals surface area contributed by atoms with Gasteiger partial charge < -0.3 is 70.0 Å². The third-order valence-corrected chi connectivity index (χ3v) is 12.1. The molecule has 2 saturated heterocycles.